The summed E-state index contributed by atoms with van der Waals surface area (Å²) in [6.07, 6.45) is -4.71. The minimum absolute atomic E-state index is 0.260. The molecule has 0 radical (unpaired) electrons. The van der Waals surface area contributed by atoms with Gasteiger partial charge in [-0.05, 0) is 48.5 Å². The van der Waals surface area contributed by atoms with Crippen molar-refractivity contribution in [2.24, 2.45) is 0 Å². The number of hydrazine groups is 1. The van der Waals surface area contributed by atoms with E-state index in [4.69, 9.17) is 0 Å². The number of halogens is 3. The summed E-state index contributed by atoms with van der Waals surface area (Å²) in [4.78, 5) is 0. The molecule has 3 aromatic rings. The monoisotopic (exact) mass is 344 g/mol. The maximum atomic E-state index is 12.3. The van der Waals surface area contributed by atoms with Crippen molar-refractivity contribution in [2.75, 3.05) is 10.4 Å². The molecule has 0 amide bonds. The number of hydrogen-bond donors (Lipinski definition) is 1. The van der Waals surface area contributed by atoms with Crippen LogP contribution in [0, 0.1) is 0 Å². The van der Waals surface area contributed by atoms with Gasteiger partial charge < -0.3 is 4.74 Å². The smallest absolute Gasteiger partial charge is 0.406 e. The molecule has 0 aliphatic rings. The molecule has 0 aliphatic heterocycles. The third kappa shape index (κ3) is 4.67. The number of nitrogens with zero attached hydrogens (tertiary/aromatic N) is 1. The van der Waals surface area contributed by atoms with Gasteiger partial charge in [-0.25, -0.2) is 0 Å². The first-order chi connectivity index (χ1) is 12.0. The third-order valence-electron chi connectivity index (χ3n) is 3.36. The number of ether oxygens (including phenoxy) is 1. The maximum absolute atomic E-state index is 12.3. The SMILES string of the molecule is FC(F)(F)Oc1ccc(N(Nc2ccccc2)c2ccccc2)cc1. The number of anilines is 3. The summed E-state index contributed by atoms with van der Waals surface area (Å²) in [5.74, 6) is -0.260. The van der Waals surface area contributed by atoms with Crippen molar-refractivity contribution in [1.82, 2.24) is 0 Å². The Balaban J connectivity index is 1.89. The van der Waals surface area contributed by atoms with Crippen molar-refractivity contribution in [3.05, 3.63) is 84.9 Å². The minimum Gasteiger partial charge on any atom is -0.406 e. The van der Waals surface area contributed by atoms with Gasteiger partial charge in [-0.3, -0.25) is 10.4 Å². The zero-order valence-electron chi connectivity index (χ0n) is 13.1. The van der Waals surface area contributed by atoms with Crippen molar-refractivity contribution < 1.29 is 17.9 Å². The summed E-state index contributed by atoms with van der Waals surface area (Å²) in [7, 11) is 0. The average molecular weight is 344 g/mol. The molecule has 128 valence electrons. The molecule has 3 aromatic carbocycles. The van der Waals surface area contributed by atoms with Crippen molar-refractivity contribution in [2.45, 2.75) is 6.36 Å². The zero-order chi connectivity index (χ0) is 17.7. The van der Waals surface area contributed by atoms with Crippen LogP contribution in [0.4, 0.5) is 30.2 Å². The first-order valence-corrected chi connectivity index (χ1v) is 7.54. The quantitative estimate of drug-likeness (QED) is 0.596. The summed E-state index contributed by atoms with van der Waals surface area (Å²) >= 11 is 0. The second kappa shape index (κ2) is 7.17. The lowest BCUT2D eigenvalue weighted by atomic mass is 10.2. The van der Waals surface area contributed by atoms with Gasteiger partial charge in [0, 0.05) is 0 Å². The Kier molecular flexibility index (Phi) is 4.79. The molecule has 0 heterocycles. The van der Waals surface area contributed by atoms with Gasteiger partial charge in [0.05, 0.1) is 17.1 Å². The van der Waals surface area contributed by atoms with Crippen LogP contribution in [0.15, 0.2) is 84.9 Å². The lowest BCUT2D eigenvalue weighted by molar-refractivity contribution is -0.274. The third-order valence-corrected chi connectivity index (χ3v) is 3.36. The predicted octanol–water partition coefficient (Wildman–Crippen LogP) is 5.75. The Hall–Kier alpha value is -3.15. The van der Waals surface area contributed by atoms with E-state index in [1.165, 1.54) is 12.1 Å². The highest BCUT2D eigenvalue weighted by molar-refractivity contribution is 5.68. The lowest BCUT2D eigenvalue weighted by Crippen LogP contribution is -2.24. The Labute approximate surface area is 143 Å². The zero-order valence-corrected chi connectivity index (χ0v) is 13.1. The van der Waals surface area contributed by atoms with Crippen LogP contribution in [-0.2, 0) is 0 Å². The van der Waals surface area contributed by atoms with E-state index in [9.17, 15) is 13.2 Å². The standard InChI is InChI=1S/C19H15F3N2O/c20-19(21,22)25-18-13-11-17(12-14-18)24(16-9-5-2-6-10-16)23-15-7-3-1-4-8-15/h1-14,23H. The van der Waals surface area contributed by atoms with E-state index < -0.39 is 6.36 Å². The fourth-order valence-electron chi connectivity index (χ4n) is 2.29. The van der Waals surface area contributed by atoms with Gasteiger partial charge in [0.1, 0.15) is 5.75 Å². The Morgan fingerprint density at radius 2 is 1.20 bits per heavy atom. The van der Waals surface area contributed by atoms with Crippen LogP contribution >= 0.6 is 0 Å². The van der Waals surface area contributed by atoms with Crippen LogP contribution in [0.2, 0.25) is 0 Å². The summed E-state index contributed by atoms with van der Waals surface area (Å²) in [5, 5.41) is 1.78. The summed E-state index contributed by atoms with van der Waals surface area (Å²) < 4.78 is 40.8. The van der Waals surface area contributed by atoms with E-state index in [0.29, 0.717) is 5.69 Å². The molecule has 0 aliphatic carbocycles. The molecule has 1 N–H and O–H groups in total. The molecule has 25 heavy (non-hydrogen) atoms. The molecule has 0 fully saturated rings. The van der Waals surface area contributed by atoms with Crippen molar-refractivity contribution in [1.29, 1.82) is 0 Å². The highest BCUT2D eigenvalue weighted by atomic mass is 19.4. The number of para-hydroxylation sites is 2. The summed E-state index contributed by atoms with van der Waals surface area (Å²) in [6, 6.07) is 24.6. The molecule has 0 bridgehead atoms. The van der Waals surface area contributed by atoms with Crippen LogP contribution in [0.25, 0.3) is 0 Å². The Morgan fingerprint density at radius 1 is 0.680 bits per heavy atom. The van der Waals surface area contributed by atoms with Gasteiger partial charge in [-0.15, -0.1) is 13.2 Å². The first kappa shape index (κ1) is 16.7. The van der Waals surface area contributed by atoms with Gasteiger partial charge in [-0.1, -0.05) is 36.4 Å². The van der Waals surface area contributed by atoms with Crippen LogP contribution in [0.1, 0.15) is 0 Å². The molecule has 0 saturated carbocycles. The van der Waals surface area contributed by atoms with Gasteiger partial charge in [0.2, 0.25) is 0 Å². The minimum atomic E-state index is -4.71. The number of alkyl halides is 3. The van der Waals surface area contributed by atoms with E-state index in [1.54, 1.807) is 17.1 Å². The van der Waals surface area contributed by atoms with Crippen LogP contribution in [0.3, 0.4) is 0 Å². The van der Waals surface area contributed by atoms with Crippen molar-refractivity contribution in [3.63, 3.8) is 0 Å². The highest BCUT2D eigenvalue weighted by Gasteiger charge is 2.31. The number of nitrogens with one attached hydrogen (secondary N) is 1. The van der Waals surface area contributed by atoms with E-state index in [-0.39, 0.29) is 5.75 Å². The molecular formula is C19H15F3N2O. The lowest BCUT2D eigenvalue weighted by Gasteiger charge is -2.27. The van der Waals surface area contributed by atoms with Gasteiger partial charge in [-0.2, -0.15) is 0 Å². The fourth-order valence-corrected chi connectivity index (χ4v) is 2.29. The molecule has 0 unspecified atom stereocenters. The number of hydrogen-bond acceptors (Lipinski definition) is 3. The average Bonchev–Trinajstić information content (AvgIpc) is 2.61. The van der Waals surface area contributed by atoms with Crippen molar-refractivity contribution in [3.8, 4) is 5.75 Å². The molecule has 6 heteroatoms. The topological polar surface area (TPSA) is 24.5 Å². The van der Waals surface area contributed by atoms with Gasteiger partial charge >= 0.3 is 6.36 Å². The first-order valence-electron chi connectivity index (χ1n) is 7.54. The fraction of sp³-hybridized carbons (Fsp3) is 0.0526. The molecule has 3 nitrogen and oxygen atoms in total. The van der Waals surface area contributed by atoms with Crippen molar-refractivity contribution >= 4 is 17.1 Å². The molecule has 0 spiro atoms. The molecular weight excluding hydrogens is 329 g/mol. The van der Waals surface area contributed by atoms with Gasteiger partial charge in [0.15, 0.2) is 0 Å². The highest BCUT2D eigenvalue weighted by Crippen LogP contribution is 2.29. The predicted molar refractivity (Wildman–Crippen MR) is 91.8 cm³/mol. The van der Waals surface area contributed by atoms with Crippen LogP contribution < -0.4 is 15.2 Å². The van der Waals surface area contributed by atoms with Gasteiger partial charge in [0.25, 0.3) is 0 Å². The van der Waals surface area contributed by atoms with Crippen LogP contribution in [0.5, 0.6) is 5.75 Å². The molecule has 0 saturated heterocycles. The largest absolute Gasteiger partial charge is 0.573 e. The molecule has 0 atom stereocenters. The summed E-state index contributed by atoms with van der Waals surface area (Å²) in [5.41, 5.74) is 5.61. The van der Waals surface area contributed by atoms with E-state index >= 15 is 0 Å². The summed E-state index contributed by atoms with van der Waals surface area (Å²) in [6.45, 7) is 0. The van der Waals surface area contributed by atoms with E-state index in [1.807, 2.05) is 60.7 Å². The second-order valence-electron chi connectivity index (χ2n) is 5.19. The maximum Gasteiger partial charge on any atom is 0.573 e. The second-order valence-corrected chi connectivity index (χ2v) is 5.19. The molecule has 3 rings (SSSR count). The van der Waals surface area contributed by atoms with E-state index in [2.05, 4.69) is 10.2 Å². The van der Waals surface area contributed by atoms with Crippen LogP contribution in [-0.4, -0.2) is 6.36 Å². The van der Waals surface area contributed by atoms with E-state index in [0.717, 1.165) is 11.4 Å². The number of benzene rings is 3. The normalized spacial score (nSPS) is 11.0. The Morgan fingerprint density at radius 3 is 1.76 bits per heavy atom. The Bertz CT molecular complexity index is 790. The number of rotatable bonds is 5. The molecule has 0 aromatic heterocycles.